The van der Waals surface area contributed by atoms with Gasteiger partial charge >= 0.3 is 0 Å². The summed E-state index contributed by atoms with van der Waals surface area (Å²) in [6.45, 7) is 3.22. The summed E-state index contributed by atoms with van der Waals surface area (Å²) in [7, 11) is 0. The van der Waals surface area contributed by atoms with E-state index in [2.05, 4.69) is 39.5 Å². The summed E-state index contributed by atoms with van der Waals surface area (Å²) in [6, 6.07) is 15.2. The van der Waals surface area contributed by atoms with Crippen LogP contribution in [0, 0.1) is 5.82 Å². The van der Waals surface area contributed by atoms with Gasteiger partial charge in [0.2, 0.25) is 0 Å². The molecular formula is C24H25FN4. The molecule has 4 nitrogen and oxygen atoms in total. The molecule has 0 radical (unpaired) electrons. The van der Waals surface area contributed by atoms with Crippen LogP contribution in [0.2, 0.25) is 0 Å². The van der Waals surface area contributed by atoms with E-state index in [1.54, 1.807) is 6.07 Å². The van der Waals surface area contributed by atoms with Crippen LogP contribution in [-0.2, 0) is 6.42 Å². The molecule has 2 aromatic carbocycles. The van der Waals surface area contributed by atoms with E-state index in [0.29, 0.717) is 5.92 Å². The largest absolute Gasteiger partial charge is 0.361 e. The molecule has 1 N–H and O–H groups in total. The molecule has 1 aliphatic rings. The summed E-state index contributed by atoms with van der Waals surface area (Å²) in [5.41, 5.74) is 4.65. The number of aromatic nitrogens is 3. The first-order valence-corrected chi connectivity index (χ1v) is 10.3. The number of fused-ring (bicyclic) bond motifs is 1. The first-order valence-electron chi connectivity index (χ1n) is 10.3. The summed E-state index contributed by atoms with van der Waals surface area (Å²) < 4.78 is 15.6. The Balaban J connectivity index is 1.17. The molecule has 0 amide bonds. The van der Waals surface area contributed by atoms with Crippen molar-refractivity contribution in [2.75, 3.05) is 19.6 Å². The summed E-state index contributed by atoms with van der Waals surface area (Å²) >= 11 is 0. The second-order valence-electron chi connectivity index (χ2n) is 7.93. The van der Waals surface area contributed by atoms with Crippen LogP contribution in [0.5, 0.6) is 0 Å². The molecule has 4 aromatic rings. The van der Waals surface area contributed by atoms with Crippen LogP contribution < -0.4 is 0 Å². The first-order chi connectivity index (χ1) is 14.3. The molecule has 0 atom stereocenters. The molecule has 1 fully saturated rings. The highest BCUT2D eigenvalue weighted by Gasteiger charge is 2.23. The lowest BCUT2D eigenvalue weighted by atomic mass is 9.89. The highest BCUT2D eigenvalue weighted by Crippen LogP contribution is 2.33. The Labute approximate surface area is 170 Å². The van der Waals surface area contributed by atoms with E-state index in [9.17, 15) is 4.39 Å². The lowest BCUT2D eigenvalue weighted by Gasteiger charge is -2.31. The van der Waals surface area contributed by atoms with Gasteiger partial charge in [-0.2, -0.15) is 5.10 Å². The van der Waals surface area contributed by atoms with E-state index in [4.69, 9.17) is 0 Å². The van der Waals surface area contributed by atoms with E-state index in [1.807, 2.05) is 35.1 Å². The zero-order valence-electron chi connectivity index (χ0n) is 16.4. The molecule has 0 aliphatic carbocycles. The molecule has 2 aromatic heterocycles. The van der Waals surface area contributed by atoms with Gasteiger partial charge in [-0.25, -0.2) is 9.07 Å². The fraction of sp³-hybridized carbons (Fsp3) is 0.292. The number of rotatable bonds is 5. The number of nitrogens with one attached hydrogen (secondary N) is 1. The predicted molar refractivity (Wildman–Crippen MR) is 114 cm³/mol. The molecule has 0 spiro atoms. The van der Waals surface area contributed by atoms with Crippen molar-refractivity contribution in [1.29, 1.82) is 0 Å². The molecule has 5 rings (SSSR count). The van der Waals surface area contributed by atoms with Crippen molar-refractivity contribution in [2.45, 2.75) is 25.2 Å². The maximum absolute atomic E-state index is 13.7. The minimum atomic E-state index is -0.160. The van der Waals surface area contributed by atoms with Crippen LogP contribution in [0.4, 0.5) is 4.39 Å². The Bertz CT molecular complexity index is 1090. The van der Waals surface area contributed by atoms with Crippen molar-refractivity contribution in [1.82, 2.24) is 19.7 Å². The Hall–Kier alpha value is -2.92. The number of benzene rings is 2. The minimum Gasteiger partial charge on any atom is -0.361 e. The van der Waals surface area contributed by atoms with Gasteiger partial charge in [0.05, 0.1) is 11.9 Å². The molecule has 0 saturated carbocycles. The minimum absolute atomic E-state index is 0.160. The summed E-state index contributed by atoms with van der Waals surface area (Å²) in [5, 5.41) is 5.53. The molecule has 1 aliphatic heterocycles. The highest BCUT2D eigenvalue weighted by molar-refractivity contribution is 5.83. The van der Waals surface area contributed by atoms with Gasteiger partial charge in [0.15, 0.2) is 0 Å². The van der Waals surface area contributed by atoms with Crippen molar-refractivity contribution >= 4 is 10.9 Å². The number of hydrogen-bond donors (Lipinski definition) is 1. The Morgan fingerprint density at radius 1 is 1.07 bits per heavy atom. The van der Waals surface area contributed by atoms with E-state index < -0.39 is 0 Å². The number of aromatic amines is 1. The van der Waals surface area contributed by atoms with Gasteiger partial charge in [-0.1, -0.05) is 18.2 Å². The third kappa shape index (κ3) is 3.83. The Morgan fingerprint density at radius 3 is 2.72 bits per heavy atom. The van der Waals surface area contributed by atoms with E-state index in [-0.39, 0.29) is 5.82 Å². The smallest absolute Gasteiger partial charge is 0.123 e. The normalized spacial score (nSPS) is 15.9. The number of likely N-dealkylation sites (tertiary alicyclic amines) is 1. The summed E-state index contributed by atoms with van der Waals surface area (Å²) in [4.78, 5) is 5.83. The maximum Gasteiger partial charge on any atom is 0.123 e. The average Bonchev–Trinajstić information content (AvgIpc) is 3.40. The van der Waals surface area contributed by atoms with E-state index >= 15 is 0 Å². The van der Waals surface area contributed by atoms with Crippen molar-refractivity contribution < 1.29 is 4.39 Å². The number of piperidine rings is 1. The molecule has 0 bridgehead atoms. The fourth-order valence-corrected chi connectivity index (χ4v) is 4.42. The van der Waals surface area contributed by atoms with Crippen molar-refractivity contribution in [2.24, 2.45) is 0 Å². The quantitative estimate of drug-likeness (QED) is 0.527. The van der Waals surface area contributed by atoms with Crippen molar-refractivity contribution in [3.05, 3.63) is 84.1 Å². The lowest BCUT2D eigenvalue weighted by molar-refractivity contribution is 0.215. The second-order valence-corrected chi connectivity index (χ2v) is 7.93. The van der Waals surface area contributed by atoms with Gasteiger partial charge in [0, 0.05) is 29.8 Å². The maximum atomic E-state index is 13.7. The number of H-pyrrole nitrogens is 1. The zero-order valence-corrected chi connectivity index (χ0v) is 16.4. The Morgan fingerprint density at radius 2 is 1.90 bits per heavy atom. The SMILES string of the molecule is Fc1ccc2[nH]cc(C3CCN(CCc4cnn(-c5ccccc5)c4)CC3)c2c1. The van der Waals surface area contributed by atoms with Crippen LogP contribution in [-0.4, -0.2) is 39.3 Å². The van der Waals surface area contributed by atoms with Crippen molar-refractivity contribution in [3.8, 4) is 5.69 Å². The molecule has 0 unspecified atom stereocenters. The third-order valence-corrected chi connectivity index (χ3v) is 6.08. The number of halogens is 1. The number of hydrogen-bond acceptors (Lipinski definition) is 2. The molecular weight excluding hydrogens is 363 g/mol. The number of nitrogens with zero attached hydrogens (tertiary/aromatic N) is 3. The van der Waals surface area contributed by atoms with Gasteiger partial charge in [0.1, 0.15) is 5.82 Å². The average molecular weight is 388 g/mol. The summed E-state index contributed by atoms with van der Waals surface area (Å²) in [5.74, 6) is 0.342. The standard InChI is InChI=1S/C24H25FN4/c25-20-6-7-24-22(14-20)23(16-26-24)19-9-12-28(13-10-19)11-8-18-15-27-29(17-18)21-4-2-1-3-5-21/h1-7,14-17,19,26H,8-13H2. The van der Waals surface area contributed by atoms with Gasteiger partial charge in [-0.15, -0.1) is 0 Å². The third-order valence-electron chi connectivity index (χ3n) is 6.08. The van der Waals surface area contributed by atoms with Crippen LogP contribution in [0.15, 0.2) is 67.1 Å². The predicted octanol–water partition coefficient (Wildman–Crippen LogP) is 4.91. The molecule has 1 saturated heterocycles. The van der Waals surface area contributed by atoms with Crippen LogP contribution in [0.1, 0.15) is 29.9 Å². The molecule has 5 heteroatoms. The first kappa shape index (κ1) is 18.1. The zero-order chi connectivity index (χ0) is 19.6. The monoisotopic (exact) mass is 388 g/mol. The van der Waals surface area contributed by atoms with Crippen LogP contribution >= 0.6 is 0 Å². The van der Waals surface area contributed by atoms with Crippen LogP contribution in [0.25, 0.3) is 16.6 Å². The fourth-order valence-electron chi connectivity index (χ4n) is 4.42. The highest BCUT2D eigenvalue weighted by atomic mass is 19.1. The van der Waals surface area contributed by atoms with E-state index in [0.717, 1.165) is 55.5 Å². The van der Waals surface area contributed by atoms with Gasteiger partial charge in [-0.05, 0) is 79.7 Å². The van der Waals surface area contributed by atoms with Crippen LogP contribution in [0.3, 0.4) is 0 Å². The van der Waals surface area contributed by atoms with E-state index in [1.165, 1.54) is 17.2 Å². The molecule has 29 heavy (non-hydrogen) atoms. The van der Waals surface area contributed by atoms with Crippen molar-refractivity contribution in [3.63, 3.8) is 0 Å². The Kier molecular flexibility index (Phi) is 4.90. The van der Waals surface area contributed by atoms with Gasteiger partial charge < -0.3 is 9.88 Å². The van der Waals surface area contributed by atoms with Gasteiger partial charge in [-0.3, -0.25) is 0 Å². The topological polar surface area (TPSA) is 36.9 Å². The molecule has 148 valence electrons. The summed E-state index contributed by atoms with van der Waals surface area (Å²) in [6.07, 6.45) is 9.42. The van der Waals surface area contributed by atoms with Gasteiger partial charge in [0.25, 0.3) is 0 Å². The lowest BCUT2D eigenvalue weighted by Crippen LogP contribution is -2.34. The second kappa shape index (κ2) is 7.84. The number of para-hydroxylation sites is 1. The molecule has 3 heterocycles.